The summed E-state index contributed by atoms with van der Waals surface area (Å²) >= 11 is 1.25. The van der Waals surface area contributed by atoms with Crippen molar-refractivity contribution in [1.82, 2.24) is 20.4 Å². The third-order valence-corrected chi connectivity index (χ3v) is 5.99. The van der Waals surface area contributed by atoms with Crippen LogP contribution in [0.5, 0.6) is 17.2 Å². The van der Waals surface area contributed by atoms with Gasteiger partial charge in [-0.05, 0) is 50.9 Å². The van der Waals surface area contributed by atoms with E-state index >= 15 is 0 Å². The zero-order chi connectivity index (χ0) is 17.4. The van der Waals surface area contributed by atoms with Gasteiger partial charge >= 0.3 is 12.2 Å². The van der Waals surface area contributed by atoms with Crippen molar-refractivity contribution < 1.29 is 18.7 Å². The molecule has 0 saturated carbocycles. The van der Waals surface area contributed by atoms with Crippen molar-refractivity contribution >= 4 is 17.2 Å². The van der Waals surface area contributed by atoms with Crippen molar-refractivity contribution in [2.24, 2.45) is 5.92 Å². The van der Waals surface area contributed by atoms with Gasteiger partial charge in [0.1, 0.15) is 0 Å². The van der Waals surface area contributed by atoms with Crippen LogP contribution in [0.2, 0.25) is 0 Å². The lowest BCUT2D eigenvalue weighted by Gasteiger charge is -2.49. The molecule has 5 heterocycles. The van der Waals surface area contributed by atoms with E-state index in [1.165, 1.54) is 18.4 Å². The van der Waals surface area contributed by atoms with Crippen LogP contribution in [0.3, 0.4) is 0 Å². The lowest BCUT2D eigenvalue weighted by molar-refractivity contribution is 0.0218. The van der Waals surface area contributed by atoms with Gasteiger partial charge in [0, 0.05) is 12.1 Å². The van der Waals surface area contributed by atoms with Gasteiger partial charge in [0.25, 0.3) is 5.91 Å². The molecule has 1 N–H and O–H groups in total. The van der Waals surface area contributed by atoms with Crippen molar-refractivity contribution in [2.45, 2.75) is 31.8 Å². The van der Waals surface area contributed by atoms with Crippen LogP contribution in [-0.4, -0.2) is 53.3 Å². The number of carbonyl (C=O) groups excluding carboxylic acids is 1. The highest BCUT2D eigenvalue weighted by Crippen LogP contribution is 2.33. The zero-order valence-electron chi connectivity index (χ0n) is 14.1. The smallest absolute Gasteiger partial charge is 0.423 e. The van der Waals surface area contributed by atoms with Gasteiger partial charge in [-0.2, -0.15) is 0 Å². The van der Waals surface area contributed by atoms with E-state index in [1.54, 1.807) is 12.1 Å². The molecule has 2 unspecified atom stereocenters. The molecule has 1 amide bonds. The Bertz CT molecular complexity index is 751. The number of nitrogens with one attached hydrogen (secondary N) is 1. The molecule has 0 spiro atoms. The molecular weight excluding hydrogens is 344 g/mol. The molecule has 2 aromatic rings. The minimum absolute atomic E-state index is 0.0170. The predicted octanol–water partition coefficient (Wildman–Crippen LogP) is 2.14. The van der Waals surface area contributed by atoms with Crippen LogP contribution >= 0.6 is 11.3 Å². The summed E-state index contributed by atoms with van der Waals surface area (Å²) in [4.78, 5) is 15.7. The van der Waals surface area contributed by atoms with E-state index in [-0.39, 0.29) is 24.1 Å². The Morgan fingerprint density at radius 3 is 2.76 bits per heavy atom. The first-order chi connectivity index (χ1) is 12.1. The topological polar surface area (TPSA) is 89.7 Å². The first-order valence-corrected chi connectivity index (χ1v) is 9.16. The molecule has 0 radical (unpaired) electrons. The molecule has 2 aromatic heterocycles. The number of piperidine rings is 3. The van der Waals surface area contributed by atoms with E-state index in [9.17, 15) is 4.79 Å². The van der Waals surface area contributed by atoms with E-state index in [0.29, 0.717) is 21.9 Å². The van der Waals surface area contributed by atoms with Gasteiger partial charge in [-0.25, -0.2) is 0 Å². The monoisotopic (exact) mass is 364 g/mol. The van der Waals surface area contributed by atoms with Crippen LogP contribution in [0, 0.1) is 5.92 Å². The number of carbonyl (C=O) groups is 1. The van der Waals surface area contributed by atoms with Gasteiger partial charge in [0.15, 0.2) is 5.06 Å². The average Bonchev–Trinajstić information content (AvgIpc) is 3.28. The molecule has 5 rings (SSSR count). The summed E-state index contributed by atoms with van der Waals surface area (Å²) in [7, 11) is 1.43. The first-order valence-electron chi connectivity index (χ1n) is 8.34. The number of hydrogen-bond acceptors (Lipinski definition) is 8. The molecule has 3 fully saturated rings. The summed E-state index contributed by atoms with van der Waals surface area (Å²) in [5, 5.41) is 11.1. The average molecular weight is 364 g/mol. The summed E-state index contributed by atoms with van der Waals surface area (Å²) in [5.41, 5.74) is 0. The van der Waals surface area contributed by atoms with Crippen LogP contribution in [0.4, 0.5) is 0 Å². The van der Waals surface area contributed by atoms with Crippen LogP contribution in [0.25, 0.3) is 0 Å². The summed E-state index contributed by atoms with van der Waals surface area (Å²) < 4.78 is 15.4. The number of rotatable bonds is 5. The summed E-state index contributed by atoms with van der Waals surface area (Å²) in [6.07, 6.45) is 2.33. The number of fused-ring (bicyclic) bond motifs is 3. The van der Waals surface area contributed by atoms with Crippen LogP contribution < -0.4 is 14.8 Å². The predicted molar refractivity (Wildman–Crippen MR) is 90.3 cm³/mol. The van der Waals surface area contributed by atoms with Gasteiger partial charge in [0.2, 0.25) is 0 Å². The Labute approximate surface area is 149 Å². The third kappa shape index (κ3) is 3.21. The molecule has 3 saturated heterocycles. The summed E-state index contributed by atoms with van der Waals surface area (Å²) in [6.45, 7) is 4.48. The van der Waals surface area contributed by atoms with Crippen LogP contribution in [-0.2, 0) is 0 Å². The fourth-order valence-corrected chi connectivity index (χ4v) is 4.43. The quantitative estimate of drug-likeness (QED) is 0.869. The van der Waals surface area contributed by atoms with E-state index in [4.69, 9.17) is 13.9 Å². The van der Waals surface area contributed by atoms with Gasteiger partial charge in [-0.15, -0.1) is 0 Å². The molecule has 0 aliphatic carbocycles. The minimum atomic E-state index is -0.0615. The normalized spacial score (nSPS) is 27.9. The van der Waals surface area contributed by atoms with Crippen molar-refractivity contribution in [1.29, 1.82) is 0 Å². The lowest BCUT2D eigenvalue weighted by atomic mass is 9.79. The van der Waals surface area contributed by atoms with E-state index in [2.05, 4.69) is 27.3 Å². The van der Waals surface area contributed by atoms with Crippen LogP contribution in [0.15, 0.2) is 16.5 Å². The number of methoxy groups -OCH3 is 1. The molecule has 0 aromatic carbocycles. The first kappa shape index (κ1) is 16.3. The maximum absolute atomic E-state index is 12.6. The molecule has 3 aliphatic rings. The van der Waals surface area contributed by atoms with Gasteiger partial charge in [0.05, 0.1) is 12.0 Å². The molecule has 2 bridgehead atoms. The zero-order valence-corrected chi connectivity index (χ0v) is 14.9. The molecule has 134 valence electrons. The largest absolute Gasteiger partial charge is 0.452 e. The van der Waals surface area contributed by atoms with Crippen molar-refractivity contribution in [3.05, 3.63) is 17.0 Å². The molecule has 9 heteroatoms. The maximum Gasteiger partial charge on any atom is 0.423 e. The van der Waals surface area contributed by atoms with Gasteiger partial charge in [-0.3, -0.25) is 9.69 Å². The second-order valence-electron chi connectivity index (χ2n) is 6.37. The highest BCUT2D eigenvalue weighted by atomic mass is 32.1. The SMILES string of the molecule is COc1nnc(Oc2ccc(C(=O)NC3C4CCN(CC4)C3C)s2)o1. The van der Waals surface area contributed by atoms with Gasteiger partial charge < -0.3 is 19.2 Å². The molecule has 3 aliphatic heterocycles. The van der Waals surface area contributed by atoms with Crippen molar-refractivity contribution in [3.8, 4) is 17.2 Å². The summed E-state index contributed by atoms with van der Waals surface area (Å²) in [5.74, 6) is 0.513. The Morgan fingerprint density at radius 2 is 2.08 bits per heavy atom. The standard InChI is InChI=1S/C16H20N4O4S/c1-9-13(10-5-7-20(9)8-6-10)17-14(21)11-3-4-12(25-11)23-16-19-18-15(22-2)24-16/h3-4,9-10,13H,5-8H2,1-2H3,(H,17,21). The summed E-state index contributed by atoms with van der Waals surface area (Å²) in [6, 6.07) is 4.06. The maximum atomic E-state index is 12.6. The van der Waals surface area contributed by atoms with E-state index in [0.717, 1.165) is 25.9 Å². The Balaban J connectivity index is 1.40. The second-order valence-corrected chi connectivity index (χ2v) is 7.42. The van der Waals surface area contributed by atoms with Crippen LogP contribution in [0.1, 0.15) is 29.4 Å². The van der Waals surface area contributed by atoms with Crippen molar-refractivity contribution in [3.63, 3.8) is 0 Å². The minimum Gasteiger partial charge on any atom is -0.452 e. The van der Waals surface area contributed by atoms with Crippen molar-refractivity contribution in [2.75, 3.05) is 20.2 Å². The van der Waals surface area contributed by atoms with E-state index in [1.807, 2.05) is 0 Å². The molecule has 8 nitrogen and oxygen atoms in total. The highest BCUT2D eigenvalue weighted by Gasteiger charge is 2.40. The number of hydrogen-bond donors (Lipinski definition) is 1. The molecule has 25 heavy (non-hydrogen) atoms. The van der Waals surface area contributed by atoms with Gasteiger partial charge in [-0.1, -0.05) is 21.5 Å². The number of amides is 1. The third-order valence-electron chi connectivity index (χ3n) is 5.03. The Morgan fingerprint density at radius 1 is 1.32 bits per heavy atom. The number of ether oxygens (including phenoxy) is 2. The fourth-order valence-electron chi connectivity index (χ4n) is 3.67. The van der Waals surface area contributed by atoms with E-state index < -0.39 is 0 Å². The number of nitrogens with zero attached hydrogens (tertiary/aromatic N) is 3. The number of aromatic nitrogens is 2. The Kier molecular flexibility index (Phi) is 4.34. The number of thiophene rings is 1. The fraction of sp³-hybridized carbons (Fsp3) is 0.562. The molecule has 2 atom stereocenters. The lowest BCUT2D eigenvalue weighted by Crippen LogP contribution is -2.62. The Hall–Kier alpha value is -2.13. The molecular formula is C16H20N4O4S. The second kappa shape index (κ2) is 6.64. The highest BCUT2D eigenvalue weighted by molar-refractivity contribution is 7.15.